The van der Waals surface area contributed by atoms with Crippen LogP contribution in [0.15, 0.2) is 73.2 Å². The zero-order chi connectivity index (χ0) is 27.6. The van der Waals surface area contributed by atoms with Crippen LogP contribution in [0.25, 0.3) is 28.2 Å². The van der Waals surface area contributed by atoms with E-state index in [-0.39, 0.29) is 5.88 Å². The largest absolute Gasteiger partial charge is 0.417 e. The van der Waals surface area contributed by atoms with E-state index in [4.69, 9.17) is 28.2 Å². The molecule has 0 radical (unpaired) electrons. The Balaban J connectivity index is 1.36. The highest BCUT2D eigenvalue weighted by Gasteiger charge is 2.25. The number of rotatable bonds is 7. The molecule has 0 saturated carbocycles. The lowest BCUT2D eigenvalue weighted by Gasteiger charge is -2.35. The van der Waals surface area contributed by atoms with Gasteiger partial charge >= 0.3 is 6.61 Å². The third kappa shape index (κ3) is 5.30. The number of pyridine rings is 1. The van der Waals surface area contributed by atoms with Gasteiger partial charge in [-0.3, -0.25) is 9.47 Å². The Kier molecular flexibility index (Phi) is 7.46. The second kappa shape index (κ2) is 11.3. The van der Waals surface area contributed by atoms with Crippen LogP contribution in [-0.4, -0.2) is 62.2 Å². The van der Waals surface area contributed by atoms with Crippen molar-refractivity contribution in [2.75, 3.05) is 31.1 Å². The van der Waals surface area contributed by atoms with Gasteiger partial charge in [0.25, 0.3) is 0 Å². The Morgan fingerprint density at radius 1 is 0.850 bits per heavy atom. The molecule has 12 heteroatoms. The molecule has 1 aliphatic heterocycles. The predicted molar refractivity (Wildman–Crippen MR) is 150 cm³/mol. The highest BCUT2D eigenvalue weighted by atomic mass is 35.5. The van der Waals surface area contributed by atoms with Crippen molar-refractivity contribution in [2.45, 2.75) is 13.2 Å². The molecule has 0 bridgehead atoms. The zero-order valence-electron chi connectivity index (χ0n) is 21.1. The minimum atomic E-state index is -2.97. The van der Waals surface area contributed by atoms with E-state index in [0.717, 1.165) is 43.3 Å². The molecule has 5 aromatic rings. The number of fused-ring (bicyclic) bond motifs is 1. The molecule has 3 aromatic heterocycles. The first kappa shape index (κ1) is 26.4. The monoisotopic (exact) mass is 581 g/mol. The van der Waals surface area contributed by atoms with Crippen LogP contribution < -0.4 is 9.64 Å². The SMILES string of the molecule is FC(F)Oc1ccc(-n2c(-c3ccccc3Cl)nc3c(N4CCN(Cc5ccccc5Cl)CC4)ncnc32)cn1. The van der Waals surface area contributed by atoms with Crippen LogP contribution in [0.1, 0.15) is 5.56 Å². The summed E-state index contributed by atoms with van der Waals surface area (Å²) in [5.41, 5.74) is 3.50. The average molecular weight is 582 g/mol. The van der Waals surface area contributed by atoms with E-state index < -0.39 is 6.61 Å². The lowest BCUT2D eigenvalue weighted by molar-refractivity contribution is -0.0528. The zero-order valence-corrected chi connectivity index (χ0v) is 22.6. The molecule has 1 aliphatic rings. The molecule has 0 N–H and O–H groups in total. The summed E-state index contributed by atoms with van der Waals surface area (Å²) >= 11 is 13.0. The molecule has 6 rings (SSSR count). The lowest BCUT2D eigenvalue weighted by Crippen LogP contribution is -2.46. The summed E-state index contributed by atoms with van der Waals surface area (Å²) in [5, 5.41) is 1.27. The summed E-state index contributed by atoms with van der Waals surface area (Å²) in [4.78, 5) is 22.7. The first-order valence-electron chi connectivity index (χ1n) is 12.6. The normalized spacial score (nSPS) is 14.3. The number of piperazine rings is 1. The molecule has 0 spiro atoms. The van der Waals surface area contributed by atoms with Crippen LogP contribution in [0.4, 0.5) is 14.6 Å². The molecular formula is C28H23Cl2F2N7O. The maximum absolute atomic E-state index is 12.7. The summed E-state index contributed by atoms with van der Waals surface area (Å²) in [5.74, 6) is 1.05. The Morgan fingerprint density at radius 3 is 2.30 bits per heavy atom. The fraction of sp³-hybridized carbons (Fsp3) is 0.214. The number of hydrogen-bond acceptors (Lipinski definition) is 7. The molecule has 1 fully saturated rings. The van der Waals surface area contributed by atoms with Crippen LogP contribution in [-0.2, 0) is 6.54 Å². The van der Waals surface area contributed by atoms with E-state index in [1.165, 1.54) is 18.6 Å². The summed E-state index contributed by atoms with van der Waals surface area (Å²) < 4.78 is 31.6. The Morgan fingerprint density at radius 2 is 1.60 bits per heavy atom. The van der Waals surface area contributed by atoms with Crippen molar-refractivity contribution in [2.24, 2.45) is 0 Å². The summed E-state index contributed by atoms with van der Waals surface area (Å²) in [6.07, 6.45) is 2.94. The topological polar surface area (TPSA) is 72.2 Å². The van der Waals surface area contributed by atoms with Gasteiger partial charge in [0.05, 0.1) is 16.9 Å². The number of imidazole rings is 1. The van der Waals surface area contributed by atoms with Crippen molar-refractivity contribution in [3.8, 4) is 23.0 Å². The van der Waals surface area contributed by atoms with E-state index in [1.807, 2.05) is 42.5 Å². The molecule has 1 saturated heterocycles. The summed E-state index contributed by atoms with van der Waals surface area (Å²) in [6, 6.07) is 18.2. The van der Waals surface area contributed by atoms with Crippen LogP contribution in [0, 0.1) is 0 Å². The van der Waals surface area contributed by atoms with Gasteiger partial charge in [-0.2, -0.15) is 8.78 Å². The molecule has 8 nitrogen and oxygen atoms in total. The summed E-state index contributed by atoms with van der Waals surface area (Å²) in [6.45, 7) is 0.940. The average Bonchev–Trinajstić information content (AvgIpc) is 3.35. The van der Waals surface area contributed by atoms with Crippen LogP contribution in [0.2, 0.25) is 10.0 Å². The number of ether oxygens (including phenoxy) is 1. The van der Waals surface area contributed by atoms with Crippen molar-refractivity contribution in [3.05, 3.63) is 88.8 Å². The van der Waals surface area contributed by atoms with Crippen molar-refractivity contribution in [1.29, 1.82) is 0 Å². The molecular weight excluding hydrogens is 559 g/mol. The fourth-order valence-corrected chi connectivity index (χ4v) is 5.25. The van der Waals surface area contributed by atoms with E-state index >= 15 is 0 Å². The van der Waals surface area contributed by atoms with Crippen LogP contribution >= 0.6 is 23.2 Å². The van der Waals surface area contributed by atoms with Crippen molar-refractivity contribution >= 4 is 40.2 Å². The number of alkyl halides is 2. The van der Waals surface area contributed by atoms with Gasteiger partial charge in [-0.05, 0) is 29.8 Å². The van der Waals surface area contributed by atoms with E-state index in [9.17, 15) is 8.78 Å². The first-order valence-corrected chi connectivity index (χ1v) is 13.3. The van der Waals surface area contributed by atoms with Crippen molar-refractivity contribution < 1.29 is 13.5 Å². The molecule has 2 aromatic carbocycles. The third-order valence-corrected chi connectivity index (χ3v) is 7.45. The second-order valence-corrected chi connectivity index (χ2v) is 10.0. The van der Waals surface area contributed by atoms with Gasteiger partial charge in [0, 0.05) is 49.4 Å². The number of nitrogens with zero attached hydrogens (tertiary/aromatic N) is 7. The quantitative estimate of drug-likeness (QED) is 0.229. The number of aromatic nitrogens is 5. The maximum Gasteiger partial charge on any atom is 0.388 e. The van der Waals surface area contributed by atoms with Gasteiger partial charge in [0.15, 0.2) is 17.0 Å². The third-order valence-electron chi connectivity index (χ3n) is 6.75. The Hall–Kier alpha value is -3.86. The highest BCUT2D eigenvalue weighted by molar-refractivity contribution is 6.33. The van der Waals surface area contributed by atoms with Gasteiger partial charge in [-0.15, -0.1) is 0 Å². The van der Waals surface area contributed by atoms with Gasteiger partial charge in [-0.25, -0.2) is 19.9 Å². The smallest absolute Gasteiger partial charge is 0.388 e. The minimum Gasteiger partial charge on any atom is -0.417 e. The highest BCUT2D eigenvalue weighted by Crippen LogP contribution is 2.35. The number of benzene rings is 2. The Labute approximate surface area is 238 Å². The first-order chi connectivity index (χ1) is 19.5. The van der Waals surface area contributed by atoms with Gasteiger partial charge < -0.3 is 9.64 Å². The standard InChI is InChI=1S/C28H23Cl2F2N7O/c29-21-7-3-1-5-18(21)16-37-11-13-38(14-12-37)26-24-27(35-17-34-26)39(19-9-10-23(33-15-19)40-28(31)32)25(36-24)20-6-2-4-8-22(20)30/h1-10,15,17,28H,11-14,16H2. The number of hydrogen-bond donors (Lipinski definition) is 0. The van der Waals surface area contributed by atoms with Gasteiger partial charge in [0.1, 0.15) is 12.2 Å². The van der Waals surface area contributed by atoms with Crippen LogP contribution in [0.3, 0.4) is 0 Å². The summed E-state index contributed by atoms with van der Waals surface area (Å²) in [7, 11) is 0. The maximum atomic E-state index is 12.7. The van der Waals surface area contributed by atoms with E-state index in [0.29, 0.717) is 39.1 Å². The molecule has 0 aliphatic carbocycles. The second-order valence-electron chi connectivity index (χ2n) is 9.21. The number of halogens is 4. The van der Waals surface area contributed by atoms with Gasteiger partial charge in [-0.1, -0.05) is 53.5 Å². The van der Waals surface area contributed by atoms with Crippen molar-refractivity contribution in [3.63, 3.8) is 0 Å². The molecule has 0 amide bonds. The molecule has 0 atom stereocenters. The molecule has 4 heterocycles. The molecule has 0 unspecified atom stereocenters. The number of anilines is 1. The minimum absolute atomic E-state index is 0.188. The van der Waals surface area contributed by atoms with Crippen molar-refractivity contribution in [1.82, 2.24) is 29.4 Å². The van der Waals surface area contributed by atoms with Gasteiger partial charge in [0.2, 0.25) is 5.88 Å². The molecule has 40 heavy (non-hydrogen) atoms. The Bertz CT molecular complexity index is 1640. The van der Waals surface area contributed by atoms with E-state index in [2.05, 4.69) is 29.5 Å². The predicted octanol–water partition coefficient (Wildman–Crippen LogP) is 6.11. The molecule has 204 valence electrons. The fourth-order valence-electron chi connectivity index (χ4n) is 4.83. The van der Waals surface area contributed by atoms with Crippen LogP contribution in [0.5, 0.6) is 5.88 Å². The lowest BCUT2D eigenvalue weighted by atomic mass is 10.2. The van der Waals surface area contributed by atoms with E-state index in [1.54, 1.807) is 16.7 Å².